The van der Waals surface area contributed by atoms with E-state index in [1.165, 1.54) is 5.56 Å². The SMILES string of the molecule is O[C@H]1CNCCC1c1ccc(Cl)cc1. The fraction of sp³-hybridized carbons (Fsp3) is 0.455. The normalized spacial score (nSPS) is 27.6. The minimum absolute atomic E-state index is 0.258. The summed E-state index contributed by atoms with van der Waals surface area (Å²) in [4.78, 5) is 0. The van der Waals surface area contributed by atoms with Gasteiger partial charge in [-0.1, -0.05) is 23.7 Å². The van der Waals surface area contributed by atoms with Crippen LogP contribution in [0.25, 0.3) is 0 Å². The second-order valence-electron chi connectivity index (χ2n) is 3.72. The predicted octanol–water partition coefficient (Wildman–Crippen LogP) is 1.78. The number of rotatable bonds is 1. The number of hydrogen-bond acceptors (Lipinski definition) is 2. The van der Waals surface area contributed by atoms with Crippen molar-refractivity contribution >= 4 is 11.6 Å². The van der Waals surface area contributed by atoms with Gasteiger partial charge in [0.1, 0.15) is 0 Å². The van der Waals surface area contributed by atoms with Crippen LogP contribution in [0.2, 0.25) is 5.02 Å². The number of aliphatic hydroxyl groups excluding tert-OH is 1. The van der Waals surface area contributed by atoms with Gasteiger partial charge in [-0.2, -0.15) is 0 Å². The lowest BCUT2D eigenvalue weighted by Gasteiger charge is -2.28. The number of benzene rings is 1. The van der Waals surface area contributed by atoms with Crippen LogP contribution in [-0.4, -0.2) is 24.3 Å². The van der Waals surface area contributed by atoms with Gasteiger partial charge in [-0.25, -0.2) is 0 Å². The zero-order valence-electron chi connectivity index (χ0n) is 7.91. The van der Waals surface area contributed by atoms with E-state index in [4.69, 9.17) is 11.6 Å². The molecule has 1 aromatic rings. The van der Waals surface area contributed by atoms with Crippen LogP contribution in [0.5, 0.6) is 0 Å². The van der Waals surface area contributed by atoms with Crippen molar-refractivity contribution in [2.24, 2.45) is 0 Å². The highest BCUT2D eigenvalue weighted by molar-refractivity contribution is 6.30. The Kier molecular flexibility index (Phi) is 3.06. The molecule has 3 heteroatoms. The van der Waals surface area contributed by atoms with Gasteiger partial charge in [0, 0.05) is 17.5 Å². The van der Waals surface area contributed by atoms with E-state index in [1.807, 2.05) is 24.3 Å². The fourth-order valence-corrected chi connectivity index (χ4v) is 2.07. The van der Waals surface area contributed by atoms with Gasteiger partial charge in [0.25, 0.3) is 0 Å². The van der Waals surface area contributed by atoms with Gasteiger partial charge in [-0.05, 0) is 30.7 Å². The topological polar surface area (TPSA) is 32.3 Å². The Bertz CT molecular complexity index is 299. The Balaban J connectivity index is 2.16. The first kappa shape index (κ1) is 9.97. The number of halogens is 1. The summed E-state index contributed by atoms with van der Waals surface area (Å²) in [7, 11) is 0. The van der Waals surface area contributed by atoms with Gasteiger partial charge < -0.3 is 10.4 Å². The molecule has 0 aromatic heterocycles. The monoisotopic (exact) mass is 211 g/mol. The van der Waals surface area contributed by atoms with Crippen LogP contribution >= 0.6 is 11.6 Å². The Morgan fingerprint density at radius 3 is 2.64 bits per heavy atom. The summed E-state index contributed by atoms with van der Waals surface area (Å²) < 4.78 is 0. The van der Waals surface area contributed by atoms with Crippen LogP contribution in [0.1, 0.15) is 17.9 Å². The van der Waals surface area contributed by atoms with Gasteiger partial charge in [-0.15, -0.1) is 0 Å². The summed E-state index contributed by atoms with van der Waals surface area (Å²) in [6.07, 6.45) is 0.716. The van der Waals surface area contributed by atoms with Crippen molar-refractivity contribution in [1.82, 2.24) is 5.32 Å². The van der Waals surface area contributed by atoms with Gasteiger partial charge >= 0.3 is 0 Å². The summed E-state index contributed by atoms with van der Waals surface area (Å²) in [5.41, 5.74) is 1.18. The molecule has 2 N–H and O–H groups in total. The average Bonchev–Trinajstić information content (AvgIpc) is 2.20. The molecule has 0 radical (unpaired) electrons. The van der Waals surface area contributed by atoms with Crippen molar-refractivity contribution in [1.29, 1.82) is 0 Å². The molecule has 1 heterocycles. The molecule has 1 unspecified atom stereocenters. The van der Waals surface area contributed by atoms with Crippen molar-refractivity contribution in [2.75, 3.05) is 13.1 Å². The summed E-state index contributed by atoms with van der Waals surface area (Å²) in [5, 5.41) is 13.7. The molecule has 0 aliphatic carbocycles. The molecule has 2 rings (SSSR count). The van der Waals surface area contributed by atoms with Crippen LogP contribution in [0.4, 0.5) is 0 Å². The van der Waals surface area contributed by atoms with E-state index < -0.39 is 0 Å². The number of aliphatic hydroxyl groups is 1. The molecule has 0 saturated carbocycles. The molecule has 2 atom stereocenters. The summed E-state index contributed by atoms with van der Waals surface area (Å²) in [5.74, 6) is 0.258. The smallest absolute Gasteiger partial charge is 0.0733 e. The maximum atomic E-state index is 9.80. The lowest BCUT2D eigenvalue weighted by Crippen LogP contribution is -2.39. The maximum Gasteiger partial charge on any atom is 0.0733 e. The molecule has 2 nitrogen and oxygen atoms in total. The molecule has 0 amide bonds. The van der Waals surface area contributed by atoms with Gasteiger partial charge in [0.2, 0.25) is 0 Å². The van der Waals surface area contributed by atoms with Crippen molar-refractivity contribution in [3.8, 4) is 0 Å². The lowest BCUT2D eigenvalue weighted by atomic mass is 9.88. The Morgan fingerprint density at radius 1 is 1.29 bits per heavy atom. The molecule has 1 aromatic carbocycles. The molecule has 14 heavy (non-hydrogen) atoms. The molecule has 0 spiro atoms. The van der Waals surface area contributed by atoms with Gasteiger partial charge in [0.15, 0.2) is 0 Å². The lowest BCUT2D eigenvalue weighted by molar-refractivity contribution is 0.118. The van der Waals surface area contributed by atoms with Crippen LogP contribution < -0.4 is 5.32 Å². The van der Waals surface area contributed by atoms with E-state index >= 15 is 0 Å². The van der Waals surface area contributed by atoms with E-state index in [9.17, 15) is 5.11 Å². The van der Waals surface area contributed by atoms with Gasteiger partial charge in [-0.3, -0.25) is 0 Å². The zero-order chi connectivity index (χ0) is 9.97. The maximum absolute atomic E-state index is 9.80. The first-order valence-corrected chi connectivity index (χ1v) is 5.29. The second kappa shape index (κ2) is 4.30. The predicted molar refractivity (Wildman–Crippen MR) is 57.7 cm³/mol. The van der Waals surface area contributed by atoms with Crippen LogP contribution in [-0.2, 0) is 0 Å². The Labute approximate surface area is 88.9 Å². The Morgan fingerprint density at radius 2 is 2.00 bits per heavy atom. The summed E-state index contributed by atoms with van der Waals surface area (Å²) in [6, 6.07) is 7.76. The number of nitrogens with one attached hydrogen (secondary N) is 1. The van der Waals surface area contributed by atoms with Crippen molar-refractivity contribution in [3.05, 3.63) is 34.9 Å². The summed E-state index contributed by atoms with van der Waals surface area (Å²) in [6.45, 7) is 1.66. The van der Waals surface area contributed by atoms with Crippen molar-refractivity contribution < 1.29 is 5.11 Å². The van der Waals surface area contributed by atoms with E-state index in [0.29, 0.717) is 6.54 Å². The van der Waals surface area contributed by atoms with Crippen LogP contribution in [0.3, 0.4) is 0 Å². The van der Waals surface area contributed by atoms with E-state index in [-0.39, 0.29) is 12.0 Å². The number of piperidine rings is 1. The quantitative estimate of drug-likeness (QED) is 0.742. The minimum atomic E-state index is -0.273. The molecule has 1 saturated heterocycles. The van der Waals surface area contributed by atoms with E-state index in [2.05, 4.69) is 5.32 Å². The average molecular weight is 212 g/mol. The number of β-amino-alcohol motifs (C(OH)–C–C–N with tert-alkyl or cyclic N) is 1. The van der Waals surface area contributed by atoms with Crippen molar-refractivity contribution in [2.45, 2.75) is 18.4 Å². The van der Waals surface area contributed by atoms with E-state index in [0.717, 1.165) is 18.0 Å². The molecular formula is C11H14ClNO. The third-order valence-electron chi connectivity index (χ3n) is 2.75. The van der Waals surface area contributed by atoms with Crippen LogP contribution in [0.15, 0.2) is 24.3 Å². The molecule has 1 fully saturated rings. The molecule has 76 valence electrons. The highest BCUT2D eigenvalue weighted by Gasteiger charge is 2.23. The number of hydrogen-bond donors (Lipinski definition) is 2. The second-order valence-corrected chi connectivity index (χ2v) is 4.15. The first-order chi connectivity index (χ1) is 6.77. The minimum Gasteiger partial charge on any atom is -0.391 e. The molecule has 1 aliphatic heterocycles. The van der Waals surface area contributed by atoms with Gasteiger partial charge in [0.05, 0.1) is 6.10 Å². The molecule has 0 bridgehead atoms. The van der Waals surface area contributed by atoms with Crippen LogP contribution in [0, 0.1) is 0 Å². The largest absolute Gasteiger partial charge is 0.391 e. The van der Waals surface area contributed by atoms with Crippen molar-refractivity contribution in [3.63, 3.8) is 0 Å². The third-order valence-corrected chi connectivity index (χ3v) is 3.00. The first-order valence-electron chi connectivity index (χ1n) is 4.91. The fourth-order valence-electron chi connectivity index (χ4n) is 1.94. The standard InChI is InChI=1S/C11H14ClNO/c12-9-3-1-8(2-4-9)10-5-6-13-7-11(10)14/h1-4,10-11,13-14H,5-7H2/t10?,11-/m0/s1. The molecule has 1 aliphatic rings. The third kappa shape index (κ3) is 2.08. The Hall–Kier alpha value is -0.570. The van der Waals surface area contributed by atoms with E-state index in [1.54, 1.807) is 0 Å². The zero-order valence-corrected chi connectivity index (χ0v) is 8.67. The highest BCUT2D eigenvalue weighted by Crippen LogP contribution is 2.26. The summed E-state index contributed by atoms with van der Waals surface area (Å²) >= 11 is 5.81. The molecular weight excluding hydrogens is 198 g/mol. The highest BCUT2D eigenvalue weighted by atomic mass is 35.5.